The Bertz CT molecular complexity index is 667. The summed E-state index contributed by atoms with van der Waals surface area (Å²) in [6.45, 7) is 6.52. The van der Waals surface area contributed by atoms with Gasteiger partial charge in [0, 0.05) is 6.04 Å². The van der Waals surface area contributed by atoms with Crippen molar-refractivity contribution in [3.63, 3.8) is 0 Å². The summed E-state index contributed by atoms with van der Waals surface area (Å²) in [5.41, 5.74) is 1.44. The highest BCUT2D eigenvalue weighted by molar-refractivity contribution is 5.91. The van der Waals surface area contributed by atoms with Crippen LogP contribution in [0.25, 0.3) is 0 Å². The first-order valence-corrected chi connectivity index (χ1v) is 8.94. The molecule has 0 radical (unpaired) electrons. The molecule has 0 spiro atoms. The first-order chi connectivity index (χ1) is 11.8. The first-order valence-electron chi connectivity index (χ1n) is 8.94. The van der Waals surface area contributed by atoms with E-state index < -0.39 is 5.97 Å². The molecular weight excluding hydrogens is 318 g/mol. The van der Waals surface area contributed by atoms with Crippen LogP contribution in [-0.2, 0) is 16.1 Å². The minimum atomic E-state index is -0.529. The van der Waals surface area contributed by atoms with Crippen molar-refractivity contribution < 1.29 is 19.4 Å². The molecule has 5 heteroatoms. The van der Waals surface area contributed by atoms with E-state index in [0.29, 0.717) is 11.5 Å². The molecule has 3 unspecified atom stereocenters. The fraction of sp³-hybridized carbons (Fsp3) is 0.600. The Hall–Kier alpha value is -1.88. The molecule has 1 aromatic rings. The van der Waals surface area contributed by atoms with Crippen LogP contribution in [0.1, 0.15) is 56.0 Å². The number of carbonyl (C=O) groups is 2. The number of aliphatic hydroxyl groups excluding tert-OH is 1. The van der Waals surface area contributed by atoms with Gasteiger partial charge in [-0.3, -0.25) is 4.79 Å². The van der Waals surface area contributed by atoms with E-state index in [4.69, 9.17) is 9.84 Å². The average molecular weight is 345 g/mol. The molecule has 25 heavy (non-hydrogen) atoms. The molecule has 0 heterocycles. The topological polar surface area (TPSA) is 75.6 Å². The summed E-state index contributed by atoms with van der Waals surface area (Å²) in [4.78, 5) is 24.3. The molecule has 136 valence electrons. The van der Waals surface area contributed by atoms with Crippen molar-refractivity contribution in [3.8, 4) is 0 Å². The van der Waals surface area contributed by atoms with Gasteiger partial charge in [-0.25, -0.2) is 4.79 Å². The van der Waals surface area contributed by atoms with Gasteiger partial charge in [0.05, 0.1) is 12.2 Å². The Morgan fingerprint density at radius 2 is 1.92 bits per heavy atom. The Morgan fingerprint density at radius 1 is 1.24 bits per heavy atom. The summed E-state index contributed by atoms with van der Waals surface area (Å²) in [5.74, 6) is -0.121. The number of ether oxygens (including phenoxy) is 1. The van der Waals surface area contributed by atoms with Crippen LogP contribution in [0.5, 0.6) is 0 Å². The van der Waals surface area contributed by atoms with Gasteiger partial charge < -0.3 is 15.2 Å². The van der Waals surface area contributed by atoms with Gasteiger partial charge in [0.1, 0.15) is 0 Å². The van der Waals surface area contributed by atoms with E-state index in [1.54, 1.807) is 24.3 Å². The number of hydrogen-bond donors (Lipinski definition) is 2. The van der Waals surface area contributed by atoms with Crippen LogP contribution in [-0.4, -0.2) is 29.6 Å². The Labute approximate surface area is 148 Å². The zero-order chi connectivity index (χ0) is 18.2. The van der Waals surface area contributed by atoms with Crippen LogP contribution in [0.2, 0.25) is 0 Å². The van der Waals surface area contributed by atoms with Crippen molar-refractivity contribution in [1.29, 1.82) is 0 Å². The predicted octanol–water partition coefficient (Wildman–Crippen LogP) is 2.67. The summed E-state index contributed by atoms with van der Waals surface area (Å²) >= 11 is 0. The van der Waals surface area contributed by atoms with Gasteiger partial charge in [-0.1, -0.05) is 32.9 Å². The van der Waals surface area contributed by atoms with Gasteiger partial charge in [0.15, 0.2) is 6.61 Å². The van der Waals surface area contributed by atoms with E-state index in [-0.39, 0.29) is 36.0 Å². The van der Waals surface area contributed by atoms with E-state index in [2.05, 4.69) is 26.1 Å². The summed E-state index contributed by atoms with van der Waals surface area (Å²) in [7, 11) is 0. The Balaban J connectivity index is 1.52. The number of esters is 1. The molecule has 1 amide bonds. The largest absolute Gasteiger partial charge is 0.452 e. The SMILES string of the molecule is CC1(C)C2CCC1(C)C(NC(=O)COC(=O)c1ccc(CO)cc1)C2. The third-order valence-corrected chi connectivity index (χ3v) is 6.84. The second kappa shape index (κ2) is 6.45. The molecule has 1 aromatic carbocycles. The Kier molecular flexibility index (Phi) is 4.62. The zero-order valence-electron chi connectivity index (χ0n) is 15.2. The smallest absolute Gasteiger partial charge is 0.338 e. The van der Waals surface area contributed by atoms with Crippen molar-refractivity contribution in [1.82, 2.24) is 5.32 Å². The van der Waals surface area contributed by atoms with Crippen molar-refractivity contribution in [2.75, 3.05) is 6.61 Å². The average Bonchev–Trinajstić information content (AvgIpc) is 2.93. The number of carbonyl (C=O) groups excluding carboxylic acids is 2. The molecule has 0 saturated heterocycles. The first kappa shape index (κ1) is 17.9. The van der Waals surface area contributed by atoms with Crippen molar-refractivity contribution >= 4 is 11.9 Å². The van der Waals surface area contributed by atoms with Gasteiger partial charge in [0.25, 0.3) is 5.91 Å². The number of hydrogen-bond acceptors (Lipinski definition) is 4. The van der Waals surface area contributed by atoms with E-state index in [1.807, 2.05) is 0 Å². The predicted molar refractivity (Wildman–Crippen MR) is 93.8 cm³/mol. The summed E-state index contributed by atoms with van der Waals surface area (Å²) in [5, 5.41) is 12.1. The van der Waals surface area contributed by atoms with Crippen LogP contribution < -0.4 is 5.32 Å². The molecule has 2 aliphatic carbocycles. The quantitative estimate of drug-likeness (QED) is 0.805. The van der Waals surface area contributed by atoms with Gasteiger partial charge in [-0.05, 0) is 53.7 Å². The number of benzene rings is 1. The highest BCUT2D eigenvalue weighted by atomic mass is 16.5. The Morgan fingerprint density at radius 3 is 2.44 bits per heavy atom. The molecule has 2 fully saturated rings. The lowest BCUT2D eigenvalue weighted by Gasteiger charge is -2.39. The molecule has 3 rings (SSSR count). The summed E-state index contributed by atoms with van der Waals surface area (Å²) in [6, 6.07) is 6.65. The molecule has 0 aromatic heterocycles. The maximum absolute atomic E-state index is 12.2. The van der Waals surface area contributed by atoms with Gasteiger partial charge in [-0.2, -0.15) is 0 Å². The van der Waals surface area contributed by atoms with Crippen molar-refractivity contribution in [2.24, 2.45) is 16.7 Å². The van der Waals surface area contributed by atoms with Crippen LogP contribution in [0.3, 0.4) is 0 Å². The van der Waals surface area contributed by atoms with E-state index in [0.717, 1.165) is 18.4 Å². The summed E-state index contributed by atoms with van der Waals surface area (Å²) in [6.07, 6.45) is 3.37. The normalized spacial score (nSPS) is 29.4. The maximum atomic E-state index is 12.2. The van der Waals surface area contributed by atoms with Crippen LogP contribution >= 0.6 is 0 Å². The number of amides is 1. The fourth-order valence-electron chi connectivity index (χ4n) is 4.62. The van der Waals surface area contributed by atoms with Crippen molar-refractivity contribution in [2.45, 2.75) is 52.7 Å². The van der Waals surface area contributed by atoms with Crippen LogP contribution in [0, 0.1) is 16.7 Å². The molecule has 0 aliphatic heterocycles. The van der Waals surface area contributed by atoms with Gasteiger partial charge in [-0.15, -0.1) is 0 Å². The third kappa shape index (κ3) is 3.06. The molecule has 2 saturated carbocycles. The highest BCUT2D eigenvalue weighted by Crippen LogP contribution is 2.65. The third-order valence-electron chi connectivity index (χ3n) is 6.84. The second-order valence-corrected chi connectivity index (χ2v) is 8.16. The summed E-state index contributed by atoms with van der Waals surface area (Å²) < 4.78 is 5.13. The molecule has 2 bridgehead atoms. The highest BCUT2D eigenvalue weighted by Gasteiger charge is 2.61. The number of aliphatic hydroxyl groups is 1. The number of nitrogens with one attached hydrogen (secondary N) is 1. The molecule has 2 aliphatic rings. The fourth-order valence-corrected chi connectivity index (χ4v) is 4.62. The van der Waals surface area contributed by atoms with Crippen molar-refractivity contribution in [3.05, 3.63) is 35.4 Å². The monoisotopic (exact) mass is 345 g/mol. The molecule has 3 atom stereocenters. The van der Waals surface area contributed by atoms with E-state index in [9.17, 15) is 9.59 Å². The zero-order valence-corrected chi connectivity index (χ0v) is 15.2. The lowest BCUT2D eigenvalue weighted by atomic mass is 9.69. The van der Waals surface area contributed by atoms with Crippen LogP contribution in [0.4, 0.5) is 0 Å². The lowest BCUT2D eigenvalue weighted by molar-refractivity contribution is -0.126. The van der Waals surface area contributed by atoms with E-state index >= 15 is 0 Å². The van der Waals surface area contributed by atoms with E-state index in [1.165, 1.54) is 6.42 Å². The molecular formula is C20H27NO4. The van der Waals surface area contributed by atoms with Gasteiger partial charge >= 0.3 is 5.97 Å². The maximum Gasteiger partial charge on any atom is 0.338 e. The lowest BCUT2D eigenvalue weighted by Crippen LogP contribution is -2.48. The van der Waals surface area contributed by atoms with Crippen LogP contribution in [0.15, 0.2) is 24.3 Å². The van der Waals surface area contributed by atoms with Gasteiger partial charge in [0.2, 0.25) is 0 Å². The minimum Gasteiger partial charge on any atom is -0.452 e. The second-order valence-electron chi connectivity index (χ2n) is 8.16. The number of fused-ring (bicyclic) bond motifs is 2. The molecule has 2 N–H and O–H groups in total. The number of rotatable bonds is 5. The standard InChI is InChI=1S/C20H27NO4/c1-19(2)15-8-9-20(19,3)16(10-15)21-17(23)12-25-18(24)14-6-4-13(11-22)5-7-14/h4-7,15-16,22H,8-12H2,1-3H3,(H,21,23). The minimum absolute atomic E-state index is 0.0742. The molecule has 5 nitrogen and oxygen atoms in total.